The fourth-order valence-electron chi connectivity index (χ4n) is 1.87. The van der Waals surface area contributed by atoms with E-state index in [1.54, 1.807) is 0 Å². The second-order valence-electron chi connectivity index (χ2n) is 4.04. The molecule has 0 aliphatic carbocycles. The molecule has 1 rings (SSSR count). The van der Waals surface area contributed by atoms with Crippen LogP contribution in [0.25, 0.3) is 0 Å². The molecule has 2 N–H and O–H groups in total. The van der Waals surface area contributed by atoms with Crippen molar-refractivity contribution < 1.29 is 5.11 Å². The van der Waals surface area contributed by atoms with Crippen LogP contribution in [0.3, 0.4) is 0 Å². The zero-order valence-electron chi connectivity index (χ0n) is 9.63. The van der Waals surface area contributed by atoms with Crippen LogP contribution in [-0.2, 0) is 0 Å². The summed E-state index contributed by atoms with van der Waals surface area (Å²) in [6, 6.07) is 0. The van der Waals surface area contributed by atoms with Gasteiger partial charge < -0.3 is 15.3 Å². The second-order valence-corrected chi connectivity index (χ2v) is 4.04. The molecule has 1 saturated heterocycles. The molecule has 0 spiro atoms. The van der Waals surface area contributed by atoms with Crippen molar-refractivity contribution in [2.45, 2.75) is 32.3 Å². The van der Waals surface area contributed by atoms with Crippen molar-refractivity contribution >= 4 is 0 Å². The van der Waals surface area contributed by atoms with Crippen molar-refractivity contribution in [3.8, 4) is 11.8 Å². The molecule has 0 amide bonds. The molecular weight excluding hydrogens is 188 g/mol. The summed E-state index contributed by atoms with van der Waals surface area (Å²) in [7, 11) is 0. The Labute approximate surface area is 92.9 Å². The molecular formula is C12H22N2O. The minimum atomic E-state index is -0.238. The van der Waals surface area contributed by atoms with Gasteiger partial charge in [-0.3, -0.25) is 0 Å². The van der Waals surface area contributed by atoms with Gasteiger partial charge in [0.1, 0.15) is 0 Å². The van der Waals surface area contributed by atoms with E-state index < -0.39 is 0 Å². The topological polar surface area (TPSA) is 35.5 Å². The number of β-amino-alcohol motifs (C(OH)–C–C–N with tert-alkyl or cyclic N) is 1. The zero-order chi connectivity index (χ0) is 10.9. The fourth-order valence-corrected chi connectivity index (χ4v) is 1.87. The number of nitrogens with one attached hydrogen (secondary N) is 1. The first kappa shape index (κ1) is 12.5. The Hall–Kier alpha value is -0.560. The average Bonchev–Trinajstić information content (AvgIpc) is 2.70. The zero-order valence-corrected chi connectivity index (χ0v) is 9.63. The third kappa shape index (κ3) is 5.78. The summed E-state index contributed by atoms with van der Waals surface area (Å²) in [6.45, 7) is 6.52. The van der Waals surface area contributed by atoms with Crippen LogP contribution in [0.5, 0.6) is 0 Å². The lowest BCUT2D eigenvalue weighted by molar-refractivity contribution is 0.124. The van der Waals surface area contributed by atoms with Crippen LogP contribution >= 0.6 is 0 Å². The monoisotopic (exact) mass is 210 g/mol. The molecule has 0 bridgehead atoms. The maximum atomic E-state index is 9.73. The van der Waals surface area contributed by atoms with E-state index in [1.807, 2.05) is 6.92 Å². The normalized spacial score (nSPS) is 18.5. The summed E-state index contributed by atoms with van der Waals surface area (Å²) in [5.41, 5.74) is 0. The lowest BCUT2D eigenvalue weighted by Gasteiger charge is -2.19. The number of hydrogen-bond donors (Lipinski definition) is 2. The predicted molar refractivity (Wildman–Crippen MR) is 62.6 cm³/mol. The first-order chi connectivity index (χ1) is 7.33. The van der Waals surface area contributed by atoms with Gasteiger partial charge in [-0.15, -0.1) is 11.8 Å². The highest BCUT2D eigenvalue weighted by Crippen LogP contribution is 2.07. The third-order valence-corrected chi connectivity index (χ3v) is 2.65. The molecule has 15 heavy (non-hydrogen) atoms. The molecule has 1 atom stereocenters. The highest BCUT2D eigenvalue weighted by Gasteiger charge is 2.14. The number of nitrogens with zero attached hydrogens (tertiary/aromatic N) is 1. The summed E-state index contributed by atoms with van der Waals surface area (Å²) in [4.78, 5) is 2.33. The van der Waals surface area contributed by atoms with E-state index in [4.69, 9.17) is 0 Å². The summed E-state index contributed by atoms with van der Waals surface area (Å²) in [5.74, 6) is 5.84. The Kier molecular flexibility index (Phi) is 6.42. The van der Waals surface area contributed by atoms with Gasteiger partial charge in [-0.25, -0.2) is 0 Å². The SMILES string of the molecule is CC#CCCNCC(O)CN1CCCC1. The first-order valence-electron chi connectivity index (χ1n) is 5.83. The molecule has 0 aromatic rings. The fraction of sp³-hybridized carbons (Fsp3) is 0.833. The maximum Gasteiger partial charge on any atom is 0.0791 e. The number of aliphatic hydroxyl groups excluding tert-OH is 1. The van der Waals surface area contributed by atoms with Crippen LogP contribution in [0, 0.1) is 11.8 Å². The second kappa shape index (κ2) is 7.70. The first-order valence-corrected chi connectivity index (χ1v) is 5.83. The Morgan fingerprint density at radius 3 is 2.80 bits per heavy atom. The maximum absolute atomic E-state index is 9.73. The third-order valence-electron chi connectivity index (χ3n) is 2.65. The highest BCUT2D eigenvalue weighted by molar-refractivity contribution is 4.95. The number of aliphatic hydroxyl groups is 1. The summed E-state index contributed by atoms with van der Waals surface area (Å²) < 4.78 is 0. The van der Waals surface area contributed by atoms with E-state index in [-0.39, 0.29) is 6.10 Å². The summed E-state index contributed by atoms with van der Waals surface area (Å²) in [5, 5.41) is 12.9. The van der Waals surface area contributed by atoms with Crippen molar-refractivity contribution in [2.24, 2.45) is 0 Å². The minimum absolute atomic E-state index is 0.238. The van der Waals surface area contributed by atoms with Crippen LogP contribution in [0.15, 0.2) is 0 Å². The van der Waals surface area contributed by atoms with Gasteiger partial charge in [-0.2, -0.15) is 0 Å². The van der Waals surface area contributed by atoms with Crippen LogP contribution in [0.2, 0.25) is 0 Å². The molecule has 1 unspecified atom stereocenters. The lowest BCUT2D eigenvalue weighted by Crippen LogP contribution is -2.37. The molecule has 0 aromatic carbocycles. The van der Waals surface area contributed by atoms with Gasteiger partial charge in [0.2, 0.25) is 0 Å². The van der Waals surface area contributed by atoms with Crippen LogP contribution in [-0.4, -0.2) is 48.8 Å². The quantitative estimate of drug-likeness (QED) is 0.493. The molecule has 3 heteroatoms. The van der Waals surface area contributed by atoms with Crippen molar-refractivity contribution in [1.29, 1.82) is 0 Å². The van der Waals surface area contributed by atoms with Crippen LogP contribution in [0.4, 0.5) is 0 Å². The number of likely N-dealkylation sites (tertiary alicyclic amines) is 1. The Balaban J connectivity index is 1.96. The van der Waals surface area contributed by atoms with Gasteiger partial charge in [-0.1, -0.05) is 0 Å². The Morgan fingerprint density at radius 1 is 1.40 bits per heavy atom. The molecule has 0 radical (unpaired) electrons. The van der Waals surface area contributed by atoms with Crippen molar-refractivity contribution in [3.05, 3.63) is 0 Å². The van der Waals surface area contributed by atoms with Gasteiger partial charge in [0.15, 0.2) is 0 Å². The van der Waals surface area contributed by atoms with Crippen molar-refractivity contribution in [2.75, 3.05) is 32.7 Å². The molecule has 0 saturated carbocycles. The molecule has 3 nitrogen and oxygen atoms in total. The highest BCUT2D eigenvalue weighted by atomic mass is 16.3. The van der Waals surface area contributed by atoms with Gasteiger partial charge in [0.05, 0.1) is 6.10 Å². The number of hydrogen-bond acceptors (Lipinski definition) is 3. The van der Waals surface area contributed by atoms with Crippen LogP contribution in [0.1, 0.15) is 26.2 Å². The van der Waals surface area contributed by atoms with Gasteiger partial charge >= 0.3 is 0 Å². The van der Waals surface area contributed by atoms with E-state index in [2.05, 4.69) is 22.1 Å². The van der Waals surface area contributed by atoms with Crippen molar-refractivity contribution in [1.82, 2.24) is 10.2 Å². The number of rotatable bonds is 6. The minimum Gasteiger partial charge on any atom is -0.390 e. The van der Waals surface area contributed by atoms with Gasteiger partial charge in [-0.05, 0) is 32.9 Å². The van der Waals surface area contributed by atoms with E-state index in [9.17, 15) is 5.11 Å². The van der Waals surface area contributed by atoms with E-state index in [0.29, 0.717) is 6.54 Å². The largest absolute Gasteiger partial charge is 0.390 e. The average molecular weight is 210 g/mol. The molecule has 0 aromatic heterocycles. The van der Waals surface area contributed by atoms with E-state index in [1.165, 1.54) is 12.8 Å². The summed E-state index contributed by atoms with van der Waals surface area (Å²) >= 11 is 0. The lowest BCUT2D eigenvalue weighted by atomic mass is 10.3. The molecule has 1 aliphatic rings. The van der Waals surface area contributed by atoms with Crippen molar-refractivity contribution in [3.63, 3.8) is 0 Å². The van der Waals surface area contributed by atoms with E-state index in [0.717, 1.165) is 32.6 Å². The summed E-state index contributed by atoms with van der Waals surface area (Å²) in [6.07, 6.45) is 3.20. The Morgan fingerprint density at radius 2 is 2.13 bits per heavy atom. The molecule has 86 valence electrons. The Bertz CT molecular complexity index is 213. The predicted octanol–water partition coefficient (Wildman–Crippen LogP) is 0.446. The van der Waals surface area contributed by atoms with E-state index >= 15 is 0 Å². The van der Waals surface area contributed by atoms with Gasteiger partial charge in [0.25, 0.3) is 0 Å². The van der Waals surface area contributed by atoms with Gasteiger partial charge in [0, 0.05) is 26.1 Å². The molecule has 1 heterocycles. The smallest absolute Gasteiger partial charge is 0.0791 e. The molecule has 1 fully saturated rings. The molecule has 1 aliphatic heterocycles. The van der Waals surface area contributed by atoms with Crippen LogP contribution < -0.4 is 5.32 Å². The standard InChI is InChI=1S/C12H22N2O/c1-2-3-4-7-13-10-12(15)11-14-8-5-6-9-14/h12-13,15H,4-11H2,1H3.